The van der Waals surface area contributed by atoms with Gasteiger partial charge >= 0.3 is 6.36 Å². The van der Waals surface area contributed by atoms with Crippen molar-refractivity contribution in [2.24, 2.45) is 5.41 Å². The summed E-state index contributed by atoms with van der Waals surface area (Å²) >= 11 is 0. The third-order valence-corrected chi connectivity index (χ3v) is 2.31. The van der Waals surface area contributed by atoms with Gasteiger partial charge in [-0.1, -0.05) is 13.8 Å². The average molecular weight is 250 g/mol. The number of ether oxygens (including phenoxy) is 2. The van der Waals surface area contributed by atoms with Crippen molar-refractivity contribution in [3.63, 3.8) is 0 Å². The van der Waals surface area contributed by atoms with Crippen LogP contribution >= 0.6 is 0 Å². The van der Waals surface area contributed by atoms with Crippen molar-refractivity contribution in [2.45, 2.75) is 46.6 Å². The Kier molecular flexibility index (Phi) is 3.79. The van der Waals surface area contributed by atoms with Gasteiger partial charge in [0.2, 0.25) is 0 Å². The third kappa shape index (κ3) is 4.32. The van der Waals surface area contributed by atoms with Crippen molar-refractivity contribution >= 4 is 0 Å². The number of halogens is 3. The molecule has 1 aliphatic carbocycles. The van der Waals surface area contributed by atoms with Crippen molar-refractivity contribution in [1.82, 2.24) is 0 Å². The van der Waals surface area contributed by atoms with Crippen LogP contribution in [-0.2, 0) is 9.47 Å². The summed E-state index contributed by atoms with van der Waals surface area (Å²) in [6.45, 7) is 7.41. The highest BCUT2D eigenvalue weighted by molar-refractivity contribution is 5.24. The molecule has 5 heteroatoms. The summed E-state index contributed by atoms with van der Waals surface area (Å²) in [5.74, 6) is 0.598. The number of rotatable bonds is 3. The van der Waals surface area contributed by atoms with Crippen molar-refractivity contribution in [3.05, 3.63) is 23.7 Å². The van der Waals surface area contributed by atoms with E-state index in [1.807, 2.05) is 27.7 Å². The van der Waals surface area contributed by atoms with Gasteiger partial charge in [-0.25, -0.2) is 0 Å². The van der Waals surface area contributed by atoms with E-state index in [-0.39, 0.29) is 18.3 Å². The van der Waals surface area contributed by atoms with E-state index in [1.165, 1.54) is 6.08 Å². The van der Waals surface area contributed by atoms with Crippen molar-refractivity contribution < 1.29 is 22.6 Å². The Labute approximate surface area is 99.1 Å². The summed E-state index contributed by atoms with van der Waals surface area (Å²) < 4.78 is 45.7. The molecule has 0 aromatic carbocycles. The summed E-state index contributed by atoms with van der Waals surface area (Å²) in [4.78, 5) is 0. The first-order valence-electron chi connectivity index (χ1n) is 5.44. The standard InChI is InChI=1S/C12H17F3O2/c1-8(2)16-10-6-5-9(7-11(10,3)4)17-12(13,14)15/h5-6,8H,7H2,1-4H3. The van der Waals surface area contributed by atoms with Crippen LogP contribution in [0.5, 0.6) is 0 Å². The van der Waals surface area contributed by atoms with Crippen LogP contribution in [0.25, 0.3) is 0 Å². The van der Waals surface area contributed by atoms with Crippen LogP contribution < -0.4 is 0 Å². The molecule has 0 spiro atoms. The van der Waals surface area contributed by atoms with Gasteiger partial charge in [-0.3, -0.25) is 0 Å². The highest BCUT2D eigenvalue weighted by Gasteiger charge is 2.37. The minimum absolute atomic E-state index is 0.000917. The van der Waals surface area contributed by atoms with Crippen LogP contribution in [0, 0.1) is 5.41 Å². The topological polar surface area (TPSA) is 18.5 Å². The summed E-state index contributed by atoms with van der Waals surface area (Å²) in [6, 6.07) is 0. The maximum Gasteiger partial charge on any atom is 0.572 e. The molecule has 0 unspecified atom stereocenters. The van der Waals surface area contributed by atoms with E-state index in [0.717, 1.165) is 0 Å². The number of hydrogen-bond acceptors (Lipinski definition) is 2. The zero-order valence-corrected chi connectivity index (χ0v) is 10.4. The maximum atomic E-state index is 12.1. The fourth-order valence-corrected chi connectivity index (χ4v) is 1.65. The highest BCUT2D eigenvalue weighted by Crippen LogP contribution is 2.40. The molecule has 2 nitrogen and oxygen atoms in total. The molecule has 0 heterocycles. The first kappa shape index (κ1) is 13.9. The zero-order chi connectivity index (χ0) is 13.3. The van der Waals surface area contributed by atoms with Crippen molar-refractivity contribution in [2.75, 3.05) is 0 Å². The Morgan fingerprint density at radius 1 is 1.24 bits per heavy atom. The third-order valence-electron chi connectivity index (χ3n) is 2.31. The molecule has 0 atom stereocenters. The molecule has 0 radical (unpaired) electrons. The average Bonchev–Trinajstić information content (AvgIpc) is 2.05. The Bertz CT molecular complexity index is 338. The lowest BCUT2D eigenvalue weighted by atomic mass is 9.83. The number of allylic oxidation sites excluding steroid dienone is 4. The van der Waals surface area contributed by atoms with Gasteiger partial charge in [0.05, 0.1) is 6.10 Å². The fourth-order valence-electron chi connectivity index (χ4n) is 1.65. The molecule has 1 aliphatic rings. The van der Waals surface area contributed by atoms with Crippen LogP contribution in [0.2, 0.25) is 0 Å². The normalized spacial score (nSPS) is 19.8. The van der Waals surface area contributed by atoms with E-state index in [1.54, 1.807) is 6.08 Å². The zero-order valence-electron chi connectivity index (χ0n) is 10.4. The molecule has 0 aliphatic heterocycles. The molecule has 0 bridgehead atoms. The predicted molar refractivity (Wildman–Crippen MR) is 57.9 cm³/mol. The highest BCUT2D eigenvalue weighted by atomic mass is 19.4. The minimum atomic E-state index is -4.63. The molecule has 17 heavy (non-hydrogen) atoms. The Hall–Kier alpha value is -1.13. The molecule has 0 saturated carbocycles. The second-order valence-electron chi connectivity index (χ2n) is 4.94. The smallest absolute Gasteiger partial charge is 0.495 e. The minimum Gasteiger partial charge on any atom is -0.495 e. The fraction of sp³-hybridized carbons (Fsp3) is 0.667. The lowest BCUT2D eigenvalue weighted by Gasteiger charge is -2.32. The molecule has 1 rings (SSSR count). The SMILES string of the molecule is CC(C)OC1=CC=C(OC(F)(F)F)CC1(C)C. The largest absolute Gasteiger partial charge is 0.572 e. The van der Waals surface area contributed by atoms with Gasteiger partial charge in [0.25, 0.3) is 0 Å². The van der Waals surface area contributed by atoms with Gasteiger partial charge in [-0.2, -0.15) is 0 Å². The van der Waals surface area contributed by atoms with Crippen LogP contribution in [0.15, 0.2) is 23.7 Å². The van der Waals surface area contributed by atoms with Crippen LogP contribution in [0.3, 0.4) is 0 Å². The monoisotopic (exact) mass is 250 g/mol. The predicted octanol–water partition coefficient (Wildman–Crippen LogP) is 4.15. The first-order valence-corrected chi connectivity index (χ1v) is 5.44. The Morgan fingerprint density at radius 3 is 2.24 bits per heavy atom. The van der Waals surface area contributed by atoms with Gasteiger partial charge < -0.3 is 9.47 Å². The van der Waals surface area contributed by atoms with E-state index in [4.69, 9.17) is 4.74 Å². The number of hydrogen-bond donors (Lipinski definition) is 0. The molecule has 0 N–H and O–H groups in total. The van der Waals surface area contributed by atoms with E-state index < -0.39 is 11.8 Å². The van der Waals surface area contributed by atoms with Gasteiger partial charge in [0.15, 0.2) is 0 Å². The molecular weight excluding hydrogens is 233 g/mol. The van der Waals surface area contributed by atoms with E-state index >= 15 is 0 Å². The van der Waals surface area contributed by atoms with Gasteiger partial charge in [-0.05, 0) is 26.0 Å². The molecule has 0 fully saturated rings. The van der Waals surface area contributed by atoms with Crippen molar-refractivity contribution in [1.29, 1.82) is 0 Å². The van der Waals surface area contributed by atoms with E-state index in [2.05, 4.69) is 4.74 Å². The van der Waals surface area contributed by atoms with Gasteiger partial charge in [0.1, 0.15) is 11.5 Å². The quantitative estimate of drug-likeness (QED) is 0.749. The second kappa shape index (κ2) is 4.63. The summed E-state index contributed by atoms with van der Waals surface area (Å²) in [5.41, 5.74) is -0.487. The molecule has 98 valence electrons. The first-order chi connectivity index (χ1) is 7.60. The summed E-state index contributed by atoms with van der Waals surface area (Å²) in [6.07, 6.45) is -1.60. The molecule has 0 saturated heterocycles. The second-order valence-corrected chi connectivity index (χ2v) is 4.94. The molecule has 0 amide bonds. The maximum absolute atomic E-state index is 12.1. The molecular formula is C12H17F3O2. The van der Waals surface area contributed by atoms with Crippen LogP contribution in [0.1, 0.15) is 34.1 Å². The van der Waals surface area contributed by atoms with Crippen LogP contribution in [0.4, 0.5) is 13.2 Å². The van der Waals surface area contributed by atoms with Gasteiger partial charge in [-0.15, -0.1) is 13.2 Å². The van der Waals surface area contributed by atoms with Crippen molar-refractivity contribution in [3.8, 4) is 0 Å². The summed E-state index contributed by atoms with van der Waals surface area (Å²) in [7, 11) is 0. The lowest BCUT2D eigenvalue weighted by Crippen LogP contribution is -2.25. The Morgan fingerprint density at radius 2 is 1.82 bits per heavy atom. The lowest BCUT2D eigenvalue weighted by molar-refractivity contribution is -0.307. The number of alkyl halides is 3. The Balaban J connectivity index is 2.82. The van der Waals surface area contributed by atoms with Crippen LogP contribution in [-0.4, -0.2) is 12.5 Å². The van der Waals surface area contributed by atoms with E-state index in [9.17, 15) is 13.2 Å². The van der Waals surface area contributed by atoms with E-state index in [0.29, 0.717) is 5.76 Å². The molecule has 0 aromatic heterocycles. The van der Waals surface area contributed by atoms with Gasteiger partial charge in [0, 0.05) is 11.8 Å². The molecule has 0 aromatic rings. The summed E-state index contributed by atoms with van der Waals surface area (Å²) in [5, 5.41) is 0.